The van der Waals surface area contributed by atoms with Gasteiger partial charge in [0.25, 0.3) is 0 Å². The smallest absolute Gasteiger partial charge is 0.228 e. The van der Waals surface area contributed by atoms with E-state index in [1.54, 1.807) is 18.5 Å². The summed E-state index contributed by atoms with van der Waals surface area (Å²) in [6.07, 6.45) is 1.91. The molecule has 0 aliphatic carbocycles. The van der Waals surface area contributed by atoms with E-state index < -0.39 is 0 Å². The van der Waals surface area contributed by atoms with E-state index in [0.717, 1.165) is 21.3 Å². The van der Waals surface area contributed by atoms with Gasteiger partial charge in [0.1, 0.15) is 6.33 Å². The first-order valence-corrected chi connectivity index (χ1v) is 9.09. The normalized spacial score (nSPS) is 10.4. The Hall–Kier alpha value is -3.13. The van der Waals surface area contributed by atoms with E-state index in [1.807, 2.05) is 48.0 Å². The van der Waals surface area contributed by atoms with E-state index in [4.69, 9.17) is 0 Å². The summed E-state index contributed by atoms with van der Waals surface area (Å²) in [5.41, 5.74) is 2.32. The van der Waals surface area contributed by atoms with Crippen molar-refractivity contribution in [3.8, 4) is 0 Å². The average Bonchev–Trinajstić information content (AvgIpc) is 3.03. The molecular weight excluding hydrogens is 362 g/mol. The highest BCUT2D eigenvalue weighted by Crippen LogP contribution is 2.26. The summed E-state index contributed by atoms with van der Waals surface area (Å²) in [6.45, 7) is 1.46. The van der Waals surface area contributed by atoms with Crippen LogP contribution < -0.4 is 10.6 Å². The van der Waals surface area contributed by atoms with Crippen LogP contribution in [0.1, 0.15) is 12.5 Å². The molecule has 1 heterocycles. The highest BCUT2D eigenvalue weighted by Gasteiger charge is 2.07. The van der Waals surface area contributed by atoms with E-state index in [9.17, 15) is 9.59 Å². The summed E-state index contributed by atoms with van der Waals surface area (Å²) in [4.78, 5) is 24.3. The number of rotatable bonds is 6. The van der Waals surface area contributed by atoms with Gasteiger partial charge in [-0.05, 0) is 53.7 Å². The number of hydrogen-bond acceptors (Lipinski definition) is 5. The molecule has 0 saturated heterocycles. The molecule has 0 bridgehead atoms. The van der Waals surface area contributed by atoms with Gasteiger partial charge in [-0.3, -0.25) is 9.59 Å². The van der Waals surface area contributed by atoms with Gasteiger partial charge in [0.05, 0.1) is 6.42 Å². The lowest BCUT2D eigenvalue weighted by atomic mass is 10.1. The Morgan fingerprint density at radius 1 is 1.00 bits per heavy atom. The molecule has 0 saturated carbocycles. The number of carbonyl (C=O) groups is 2. The van der Waals surface area contributed by atoms with Crippen LogP contribution in [0.2, 0.25) is 0 Å². The van der Waals surface area contributed by atoms with Crippen LogP contribution in [0.4, 0.5) is 11.4 Å². The van der Waals surface area contributed by atoms with E-state index in [2.05, 4.69) is 20.8 Å². The molecular formula is C19H19N5O2S. The summed E-state index contributed by atoms with van der Waals surface area (Å²) in [7, 11) is 1.89. The fourth-order valence-electron chi connectivity index (χ4n) is 2.38. The van der Waals surface area contributed by atoms with Gasteiger partial charge in [-0.15, -0.1) is 10.2 Å². The van der Waals surface area contributed by atoms with Crippen LogP contribution in [0.15, 0.2) is 64.9 Å². The number of nitrogens with zero attached hydrogens (tertiary/aromatic N) is 3. The number of carbonyl (C=O) groups excluding carboxylic acids is 2. The van der Waals surface area contributed by atoms with Crippen LogP contribution in [0, 0.1) is 0 Å². The van der Waals surface area contributed by atoms with Crippen molar-refractivity contribution in [2.45, 2.75) is 23.4 Å². The SMILES string of the molecule is CC(=O)Nc1ccc(CC(=O)Nc2ccc(Sc3nncn3C)cc2)cc1. The van der Waals surface area contributed by atoms with E-state index >= 15 is 0 Å². The minimum Gasteiger partial charge on any atom is -0.326 e. The van der Waals surface area contributed by atoms with Gasteiger partial charge in [-0.2, -0.15) is 0 Å². The summed E-state index contributed by atoms with van der Waals surface area (Å²) in [5, 5.41) is 14.3. The summed E-state index contributed by atoms with van der Waals surface area (Å²) < 4.78 is 1.84. The first-order chi connectivity index (χ1) is 13.0. The van der Waals surface area contributed by atoms with Crippen molar-refractivity contribution in [1.82, 2.24) is 14.8 Å². The summed E-state index contributed by atoms with van der Waals surface area (Å²) in [6, 6.07) is 14.8. The van der Waals surface area contributed by atoms with Crippen LogP contribution in [0.3, 0.4) is 0 Å². The van der Waals surface area contributed by atoms with Crippen molar-refractivity contribution in [2.75, 3.05) is 10.6 Å². The third-order valence-electron chi connectivity index (χ3n) is 3.66. The molecule has 0 aliphatic rings. The monoisotopic (exact) mass is 381 g/mol. The molecule has 0 spiro atoms. The minimum atomic E-state index is -0.124. The fraction of sp³-hybridized carbons (Fsp3) is 0.158. The molecule has 8 heteroatoms. The molecule has 138 valence electrons. The lowest BCUT2D eigenvalue weighted by molar-refractivity contribution is -0.116. The standard InChI is InChI=1S/C19H19N5O2S/c1-13(25)21-15-5-3-14(4-6-15)11-18(26)22-16-7-9-17(10-8-16)27-19-23-20-12-24(19)2/h3-10,12H,11H2,1-2H3,(H,21,25)(H,22,26). The zero-order valence-electron chi connectivity index (χ0n) is 15.0. The zero-order chi connectivity index (χ0) is 19.2. The molecule has 2 N–H and O–H groups in total. The van der Waals surface area contributed by atoms with Crippen LogP contribution in [0.5, 0.6) is 0 Å². The lowest BCUT2D eigenvalue weighted by Gasteiger charge is -2.07. The summed E-state index contributed by atoms with van der Waals surface area (Å²) >= 11 is 1.50. The Labute approximate surface area is 161 Å². The van der Waals surface area contributed by atoms with E-state index in [0.29, 0.717) is 5.69 Å². The van der Waals surface area contributed by atoms with Crippen molar-refractivity contribution in [3.05, 3.63) is 60.4 Å². The molecule has 7 nitrogen and oxygen atoms in total. The number of benzene rings is 2. The van der Waals surface area contributed by atoms with Gasteiger partial charge in [-0.25, -0.2) is 0 Å². The van der Waals surface area contributed by atoms with Crippen molar-refractivity contribution < 1.29 is 9.59 Å². The molecule has 1 aromatic heterocycles. The molecule has 0 atom stereocenters. The molecule has 27 heavy (non-hydrogen) atoms. The van der Waals surface area contributed by atoms with E-state index in [1.165, 1.54) is 18.7 Å². The van der Waals surface area contributed by atoms with E-state index in [-0.39, 0.29) is 18.2 Å². The van der Waals surface area contributed by atoms with Gasteiger partial charge < -0.3 is 15.2 Å². The van der Waals surface area contributed by atoms with Crippen LogP contribution in [0.25, 0.3) is 0 Å². The topological polar surface area (TPSA) is 88.9 Å². The third kappa shape index (κ3) is 5.42. The predicted molar refractivity (Wildman–Crippen MR) is 105 cm³/mol. The maximum absolute atomic E-state index is 12.2. The number of hydrogen-bond donors (Lipinski definition) is 2. The quantitative estimate of drug-likeness (QED) is 0.685. The van der Waals surface area contributed by atoms with Gasteiger partial charge in [-0.1, -0.05) is 12.1 Å². The number of aromatic nitrogens is 3. The zero-order valence-corrected chi connectivity index (χ0v) is 15.8. The Balaban J connectivity index is 1.54. The number of amides is 2. The van der Waals surface area contributed by atoms with Crippen molar-refractivity contribution in [1.29, 1.82) is 0 Å². The Morgan fingerprint density at radius 2 is 1.63 bits per heavy atom. The summed E-state index contributed by atoms with van der Waals surface area (Å²) in [5.74, 6) is -0.225. The second-order valence-corrected chi connectivity index (χ2v) is 6.99. The molecule has 3 rings (SSSR count). The molecule has 0 unspecified atom stereocenters. The third-order valence-corrected chi connectivity index (χ3v) is 4.72. The fourth-order valence-corrected chi connectivity index (χ4v) is 3.14. The van der Waals surface area contributed by atoms with Crippen LogP contribution in [-0.4, -0.2) is 26.6 Å². The molecule has 0 fully saturated rings. The van der Waals surface area contributed by atoms with Gasteiger partial charge in [0, 0.05) is 30.2 Å². The van der Waals surface area contributed by atoms with Gasteiger partial charge in [0.2, 0.25) is 11.8 Å². The molecule has 0 aliphatic heterocycles. The largest absolute Gasteiger partial charge is 0.326 e. The van der Waals surface area contributed by atoms with Crippen molar-refractivity contribution >= 4 is 35.0 Å². The second-order valence-electron chi connectivity index (χ2n) is 5.95. The van der Waals surface area contributed by atoms with Crippen LogP contribution in [-0.2, 0) is 23.1 Å². The lowest BCUT2D eigenvalue weighted by Crippen LogP contribution is -2.14. The highest BCUT2D eigenvalue weighted by atomic mass is 32.2. The maximum atomic E-state index is 12.2. The Bertz CT molecular complexity index is 935. The average molecular weight is 381 g/mol. The Morgan fingerprint density at radius 3 is 2.22 bits per heavy atom. The molecule has 0 radical (unpaired) electrons. The molecule has 3 aromatic rings. The number of nitrogens with one attached hydrogen (secondary N) is 2. The number of aryl methyl sites for hydroxylation is 1. The minimum absolute atomic E-state index is 0.101. The van der Waals surface area contributed by atoms with Gasteiger partial charge >= 0.3 is 0 Å². The molecule has 2 amide bonds. The number of anilines is 2. The van der Waals surface area contributed by atoms with Gasteiger partial charge in [0.15, 0.2) is 5.16 Å². The highest BCUT2D eigenvalue weighted by molar-refractivity contribution is 7.99. The second kappa shape index (κ2) is 8.50. The first-order valence-electron chi connectivity index (χ1n) is 8.28. The van der Waals surface area contributed by atoms with Crippen LogP contribution >= 0.6 is 11.8 Å². The maximum Gasteiger partial charge on any atom is 0.228 e. The van der Waals surface area contributed by atoms with Crippen molar-refractivity contribution in [2.24, 2.45) is 7.05 Å². The Kier molecular flexibility index (Phi) is 5.87. The molecule has 2 aromatic carbocycles. The predicted octanol–water partition coefficient (Wildman–Crippen LogP) is 3.11. The van der Waals surface area contributed by atoms with Crippen molar-refractivity contribution in [3.63, 3.8) is 0 Å². The first kappa shape index (κ1) is 18.7.